The molecule has 3 rings (SSSR count). The largest absolute Gasteiger partial charge is 0.373 e. The Labute approximate surface area is 141 Å². The number of hydrogen-bond donors (Lipinski definition) is 2. The second-order valence-electron chi connectivity index (χ2n) is 6.03. The first kappa shape index (κ1) is 16.4. The molecule has 1 aliphatic rings. The molecule has 24 heavy (non-hydrogen) atoms. The van der Waals surface area contributed by atoms with Gasteiger partial charge in [-0.2, -0.15) is 0 Å². The zero-order valence-corrected chi connectivity index (χ0v) is 13.7. The highest BCUT2D eigenvalue weighted by Crippen LogP contribution is 2.33. The number of amides is 2. The van der Waals surface area contributed by atoms with E-state index in [1.54, 1.807) is 12.3 Å². The molecule has 1 fully saturated rings. The zero-order valence-electron chi connectivity index (χ0n) is 13.7. The highest BCUT2D eigenvalue weighted by molar-refractivity contribution is 5.88. The second kappa shape index (κ2) is 7.88. The van der Waals surface area contributed by atoms with E-state index in [9.17, 15) is 4.79 Å². The predicted molar refractivity (Wildman–Crippen MR) is 91.6 cm³/mol. The summed E-state index contributed by atoms with van der Waals surface area (Å²) in [5.74, 6) is 0.745. The Morgan fingerprint density at radius 1 is 1.29 bits per heavy atom. The Kier molecular flexibility index (Phi) is 5.38. The van der Waals surface area contributed by atoms with Gasteiger partial charge in [0.05, 0.1) is 6.10 Å². The van der Waals surface area contributed by atoms with Crippen molar-refractivity contribution in [2.24, 2.45) is 5.92 Å². The number of aryl methyl sites for hydroxylation is 1. The van der Waals surface area contributed by atoms with Crippen molar-refractivity contribution in [2.75, 3.05) is 18.5 Å². The first-order valence-corrected chi connectivity index (χ1v) is 8.21. The quantitative estimate of drug-likeness (QED) is 0.905. The number of ether oxygens (including phenoxy) is 1. The highest BCUT2D eigenvalue weighted by atomic mass is 16.5. The molecule has 2 unspecified atom stereocenters. The molecule has 2 N–H and O–H groups in total. The van der Waals surface area contributed by atoms with E-state index in [2.05, 4.69) is 51.8 Å². The van der Waals surface area contributed by atoms with Gasteiger partial charge in [-0.1, -0.05) is 29.8 Å². The molecule has 0 bridgehead atoms. The monoisotopic (exact) mass is 326 g/mol. The molecule has 6 nitrogen and oxygen atoms in total. The Bertz CT molecular complexity index is 660. The second-order valence-corrected chi connectivity index (χ2v) is 6.03. The van der Waals surface area contributed by atoms with Gasteiger partial charge in [-0.25, -0.2) is 14.8 Å². The van der Waals surface area contributed by atoms with E-state index in [0.717, 1.165) is 19.4 Å². The van der Waals surface area contributed by atoms with Gasteiger partial charge in [-0.15, -0.1) is 0 Å². The van der Waals surface area contributed by atoms with Crippen LogP contribution in [0.5, 0.6) is 0 Å². The van der Waals surface area contributed by atoms with Crippen LogP contribution in [0.2, 0.25) is 0 Å². The molecule has 2 atom stereocenters. The first-order valence-electron chi connectivity index (χ1n) is 8.21. The standard InChI is InChI=1S/C18H22N4O2/c1-13-4-6-14(7-5-13)17-15(3-2-10-24-17)11-20-18(23)22-16-8-9-19-12-21-16/h4-9,12,15,17H,2-3,10-11H2,1H3,(H2,19,20,21,22,23). The average molecular weight is 326 g/mol. The van der Waals surface area contributed by atoms with Crippen LogP contribution in [-0.4, -0.2) is 29.2 Å². The van der Waals surface area contributed by atoms with E-state index >= 15 is 0 Å². The van der Waals surface area contributed by atoms with Crippen molar-refractivity contribution >= 4 is 11.8 Å². The lowest BCUT2D eigenvalue weighted by atomic mass is 9.89. The summed E-state index contributed by atoms with van der Waals surface area (Å²) < 4.78 is 5.97. The molecule has 6 heteroatoms. The Morgan fingerprint density at radius 2 is 2.12 bits per heavy atom. The summed E-state index contributed by atoms with van der Waals surface area (Å²) in [5, 5.41) is 5.62. The molecule has 0 radical (unpaired) electrons. The summed E-state index contributed by atoms with van der Waals surface area (Å²) in [6.45, 7) is 3.40. The maximum atomic E-state index is 12.0. The van der Waals surface area contributed by atoms with Crippen molar-refractivity contribution in [3.8, 4) is 0 Å². The predicted octanol–water partition coefficient (Wildman–Crippen LogP) is 3.07. The van der Waals surface area contributed by atoms with Gasteiger partial charge in [-0.05, 0) is 31.4 Å². The smallest absolute Gasteiger partial charge is 0.320 e. The molecule has 1 aromatic carbocycles. The zero-order chi connectivity index (χ0) is 16.8. The average Bonchev–Trinajstić information content (AvgIpc) is 2.62. The molecule has 1 aliphatic heterocycles. The number of aromatic nitrogens is 2. The third-order valence-corrected chi connectivity index (χ3v) is 4.20. The Morgan fingerprint density at radius 3 is 2.88 bits per heavy atom. The van der Waals surface area contributed by atoms with Gasteiger partial charge >= 0.3 is 6.03 Å². The van der Waals surface area contributed by atoms with E-state index in [4.69, 9.17) is 4.74 Å². The van der Waals surface area contributed by atoms with E-state index in [-0.39, 0.29) is 18.1 Å². The summed E-state index contributed by atoms with van der Waals surface area (Å²) in [6.07, 6.45) is 5.07. The molecular weight excluding hydrogens is 304 g/mol. The molecule has 1 saturated heterocycles. The SMILES string of the molecule is Cc1ccc(C2OCCCC2CNC(=O)Nc2ccncn2)cc1. The number of hydrogen-bond acceptors (Lipinski definition) is 4. The van der Waals surface area contributed by atoms with Crippen molar-refractivity contribution in [1.29, 1.82) is 0 Å². The number of carbonyl (C=O) groups excluding carboxylic acids is 1. The topological polar surface area (TPSA) is 76.1 Å². The van der Waals surface area contributed by atoms with E-state index in [0.29, 0.717) is 12.4 Å². The fourth-order valence-corrected chi connectivity index (χ4v) is 2.93. The van der Waals surface area contributed by atoms with Crippen LogP contribution >= 0.6 is 0 Å². The van der Waals surface area contributed by atoms with Gasteiger partial charge in [-0.3, -0.25) is 5.32 Å². The van der Waals surface area contributed by atoms with Gasteiger partial charge in [0.25, 0.3) is 0 Å². The highest BCUT2D eigenvalue weighted by Gasteiger charge is 2.27. The third-order valence-electron chi connectivity index (χ3n) is 4.20. The Hall–Kier alpha value is -2.47. The molecule has 1 aromatic heterocycles. The number of anilines is 1. The van der Waals surface area contributed by atoms with Crippen LogP contribution in [0.4, 0.5) is 10.6 Å². The lowest BCUT2D eigenvalue weighted by molar-refractivity contribution is -0.0268. The van der Waals surface area contributed by atoms with Gasteiger partial charge in [0.15, 0.2) is 0 Å². The van der Waals surface area contributed by atoms with Crippen LogP contribution in [0.15, 0.2) is 42.9 Å². The number of carbonyl (C=O) groups is 1. The minimum absolute atomic E-state index is 0.0266. The molecule has 2 amide bonds. The van der Waals surface area contributed by atoms with Crippen LogP contribution in [0.1, 0.15) is 30.1 Å². The van der Waals surface area contributed by atoms with Gasteiger partial charge in [0.2, 0.25) is 0 Å². The molecule has 2 aromatic rings. The first-order chi connectivity index (χ1) is 11.7. The van der Waals surface area contributed by atoms with Crippen LogP contribution in [-0.2, 0) is 4.74 Å². The summed E-state index contributed by atoms with van der Waals surface area (Å²) in [4.78, 5) is 19.8. The molecule has 0 spiro atoms. The lowest BCUT2D eigenvalue weighted by Gasteiger charge is -2.32. The fraction of sp³-hybridized carbons (Fsp3) is 0.389. The van der Waals surface area contributed by atoms with Gasteiger partial charge in [0, 0.05) is 25.3 Å². The van der Waals surface area contributed by atoms with Crippen LogP contribution in [0.25, 0.3) is 0 Å². The van der Waals surface area contributed by atoms with E-state index in [1.807, 2.05) is 0 Å². The fourth-order valence-electron chi connectivity index (χ4n) is 2.93. The van der Waals surface area contributed by atoms with Gasteiger partial charge < -0.3 is 10.1 Å². The molecular formula is C18H22N4O2. The number of nitrogens with one attached hydrogen (secondary N) is 2. The molecule has 0 aliphatic carbocycles. The summed E-state index contributed by atoms with van der Waals surface area (Å²) in [5.41, 5.74) is 2.40. The lowest BCUT2D eigenvalue weighted by Crippen LogP contribution is -2.37. The number of urea groups is 1. The van der Waals surface area contributed by atoms with Crippen LogP contribution in [0.3, 0.4) is 0 Å². The third kappa shape index (κ3) is 4.29. The van der Waals surface area contributed by atoms with Crippen molar-refractivity contribution in [2.45, 2.75) is 25.9 Å². The maximum absolute atomic E-state index is 12.0. The van der Waals surface area contributed by atoms with Crippen molar-refractivity contribution in [3.05, 3.63) is 54.0 Å². The van der Waals surface area contributed by atoms with Crippen molar-refractivity contribution < 1.29 is 9.53 Å². The van der Waals surface area contributed by atoms with E-state index in [1.165, 1.54) is 17.5 Å². The minimum atomic E-state index is -0.262. The van der Waals surface area contributed by atoms with Crippen LogP contribution < -0.4 is 10.6 Å². The Balaban J connectivity index is 1.57. The number of nitrogens with zero attached hydrogens (tertiary/aromatic N) is 2. The van der Waals surface area contributed by atoms with Crippen molar-refractivity contribution in [3.63, 3.8) is 0 Å². The minimum Gasteiger partial charge on any atom is -0.373 e. The van der Waals surface area contributed by atoms with Crippen LogP contribution in [0, 0.1) is 12.8 Å². The number of rotatable bonds is 4. The summed E-state index contributed by atoms with van der Waals surface area (Å²) in [7, 11) is 0. The van der Waals surface area contributed by atoms with Gasteiger partial charge in [0.1, 0.15) is 12.1 Å². The molecule has 0 saturated carbocycles. The van der Waals surface area contributed by atoms with Crippen molar-refractivity contribution in [1.82, 2.24) is 15.3 Å². The maximum Gasteiger partial charge on any atom is 0.320 e. The molecule has 126 valence electrons. The summed E-state index contributed by atoms with van der Waals surface area (Å²) >= 11 is 0. The molecule has 2 heterocycles. The summed E-state index contributed by atoms with van der Waals surface area (Å²) in [6, 6.07) is 9.80. The van der Waals surface area contributed by atoms with E-state index < -0.39 is 0 Å². The normalized spacial score (nSPS) is 20.4. The number of benzene rings is 1.